The molecule has 0 radical (unpaired) electrons. The fraction of sp³-hybridized carbons (Fsp3) is 0.214. The van der Waals surface area contributed by atoms with Gasteiger partial charge in [0.2, 0.25) is 0 Å². The van der Waals surface area contributed by atoms with Crippen molar-refractivity contribution in [1.82, 2.24) is 9.97 Å². The van der Waals surface area contributed by atoms with Crippen LogP contribution in [0.1, 0.15) is 37.8 Å². The van der Waals surface area contributed by atoms with E-state index in [-0.39, 0.29) is 5.41 Å². The number of hydrogen-bond acceptors (Lipinski definition) is 3. The fourth-order valence-corrected chi connectivity index (χ4v) is 4.94. The third kappa shape index (κ3) is 2.80. The highest BCUT2D eigenvalue weighted by molar-refractivity contribution is 6.06. The predicted molar refractivity (Wildman–Crippen MR) is 126 cm³/mol. The predicted octanol–water partition coefficient (Wildman–Crippen LogP) is 7.11. The summed E-state index contributed by atoms with van der Waals surface area (Å²) in [7, 11) is 0. The van der Waals surface area contributed by atoms with Crippen LogP contribution in [-0.2, 0) is 18.3 Å². The first kappa shape index (κ1) is 18.3. The maximum absolute atomic E-state index is 6.33. The van der Waals surface area contributed by atoms with Gasteiger partial charge >= 0.3 is 0 Å². The highest BCUT2D eigenvalue weighted by Crippen LogP contribution is 2.44. The number of benzene rings is 2. The van der Waals surface area contributed by atoms with E-state index in [1.807, 2.05) is 24.5 Å². The highest BCUT2D eigenvalue weighted by atomic mass is 16.3. The summed E-state index contributed by atoms with van der Waals surface area (Å²) in [5.74, 6) is 1.04. The second kappa shape index (κ2) is 6.52. The molecule has 0 aliphatic heterocycles. The number of furan rings is 1. The molecule has 3 heteroatoms. The first-order valence-electron chi connectivity index (χ1n) is 10.9. The fourth-order valence-electron chi connectivity index (χ4n) is 4.94. The summed E-state index contributed by atoms with van der Waals surface area (Å²) < 4.78 is 6.33. The van der Waals surface area contributed by atoms with E-state index in [0.29, 0.717) is 0 Å². The van der Waals surface area contributed by atoms with Crippen LogP contribution in [-0.4, -0.2) is 9.97 Å². The Bertz CT molecular complexity index is 1470. The molecule has 152 valence electrons. The highest BCUT2D eigenvalue weighted by Gasteiger charge is 2.27. The molecule has 3 nitrogen and oxygen atoms in total. The molecule has 3 aromatic heterocycles. The van der Waals surface area contributed by atoms with Crippen molar-refractivity contribution in [2.45, 2.75) is 39.0 Å². The molecule has 1 aliphatic carbocycles. The summed E-state index contributed by atoms with van der Waals surface area (Å²) in [5.41, 5.74) is 7.85. The van der Waals surface area contributed by atoms with E-state index in [1.165, 1.54) is 21.9 Å². The van der Waals surface area contributed by atoms with Crippen molar-refractivity contribution in [3.8, 4) is 22.4 Å². The van der Waals surface area contributed by atoms with Crippen molar-refractivity contribution in [1.29, 1.82) is 0 Å². The lowest BCUT2D eigenvalue weighted by Gasteiger charge is -2.23. The minimum atomic E-state index is 0.0237. The number of nitrogens with zero attached hydrogens (tertiary/aromatic N) is 2. The molecule has 1 aliphatic rings. The van der Waals surface area contributed by atoms with E-state index in [1.54, 1.807) is 0 Å². The van der Waals surface area contributed by atoms with Crippen molar-refractivity contribution in [2.75, 3.05) is 0 Å². The van der Waals surface area contributed by atoms with E-state index in [0.717, 1.165) is 52.1 Å². The number of fused-ring (bicyclic) bond motifs is 6. The maximum atomic E-state index is 6.33. The minimum Gasteiger partial charge on any atom is -0.460 e. The van der Waals surface area contributed by atoms with Crippen LogP contribution in [0, 0.1) is 0 Å². The quantitative estimate of drug-likeness (QED) is 0.299. The van der Waals surface area contributed by atoms with E-state index >= 15 is 0 Å². The van der Waals surface area contributed by atoms with Crippen molar-refractivity contribution >= 4 is 21.7 Å². The third-order valence-electron chi connectivity index (χ3n) is 6.37. The first-order valence-corrected chi connectivity index (χ1v) is 10.9. The maximum Gasteiger partial charge on any atom is 0.138 e. The van der Waals surface area contributed by atoms with Crippen LogP contribution in [0.2, 0.25) is 0 Å². The molecule has 0 saturated carbocycles. The zero-order valence-electron chi connectivity index (χ0n) is 18.1. The third-order valence-corrected chi connectivity index (χ3v) is 6.37. The van der Waals surface area contributed by atoms with Gasteiger partial charge in [-0.25, -0.2) is 0 Å². The molecular formula is C28H24N2O. The SMILES string of the molecule is CC(C)(C)c1cc(-c2nccc3oc4c(c23)-c2cccnc2CC4)cc2ccccc12. The Morgan fingerprint density at radius 3 is 2.61 bits per heavy atom. The van der Waals surface area contributed by atoms with Crippen LogP contribution in [0.25, 0.3) is 44.1 Å². The Labute approximate surface area is 181 Å². The lowest BCUT2D eigenvalue weighted by Crippen LogP contribution is -2.12. The van der Waals surface area contributed by atoms with Crippen LogP contribution in [0.15, 0.2) is 71.4 Å². The summed E-state index contributed by atoms with van der Waals surface area (Å²) in [5, 5.41) is 3.64. The molecule has 0 N–H and O–H groups in total. The van der Waals surface area contributed by atoms with Gasteiger partial charge < -0.3 is 4.42 Å². The first-order chi connectivity index (χ1) is 15.0. The number of hydrogen-bond donors (Lipinski definition) is 0. The number of aryl methyl sites for hydroxylation is 2. The summed E-state index contributed by atoms with van der Waals surface area (Å²) >= 11 is 0. The van der Waals surface area contributed by atoms with Crippen molar-refractivity contribution < 1.29 is 4.42 Å². The molecule has 2 aromatic carbocycles. The van der Waals surface area contributed by atoms with Crippen LogP contribution in [0.4, 0.5) is 0 Å². The zero-order chi connectivity index (χ0) is 21.2. The summed E-state index contributed by atoms with van der Waals surface area (Å²) in [6.07, 6.45) is 5.53. The van der Waals surface area contributed by atoms with Crippen molar-refractivity contribution in [3.63, 3.8) is 0 Å². The Hall–Kier alpha value is -3.46. The lowest BCUT2D eigenvalue weighted by atomic mass is 9.82. The van der Waals surface area contributed by atoms with Gasteiger partial charge in [-0.1, -0.05) is 51.1 Å². The molecule has 0 fully saturated rings. The smallest absolute Gasteiger partial charge is 0.138 e. The Morgan fingerprint density at radius 1 is 0.871 bits per heavy atom. The number of pyridine rings is 2. The Kier molecular flexibility index (Phi) is 3.85. The molecule has 6 rings (SSSR count). The van der Waals surface area contributed by atoms with Crippen LogP contribution in [0.5, 0.6) is 0 Å². The van der Waals surface area contributed by atoms with Gasteiger partial charge in [-0.05, 0) is 52.4 Å². The molecule has 0 bridgehead atoms. The van der Waals surface area contributed by atoms with Gasteiger partial charge in [0.1, 0.15) is 11.3 Å². The molecule has 31 heavy (non-hydrogen) atoms. The standard InChI is InChI=1S/C28H24N2O/c1-28(2,3)21-16-18(15-17-7-4-5-8-19(17)21)27-26-24(12-14-30-27)31-23-11-10-22-20(25(23)26)9-6-13-29-22/h4-9,12-16H,10-11H2,1-3H3. The summed E-state index contributed by atoms with van der Waals surface area (Å²) in [4.78, 5) is 9.51. The summed E-state index contributed by atoms with van der Waals surface area (Å²) in [6, 6.07) is 19.4. The second-order valence-electron chi connectivity index (χ2n) is 9.43. The lowest BCUT2D eigenvalue weighted by molar-refractivity contribution is 0.544. The average molecular weight is 405 g/mol. The number of rotatable bonds is 1. The molecular weight excluding hydrogens is 380 g/mol. The molecule has 5 aromatic rings. The second-order valence-corrected chi connectivity index (χ2v) is 9.43. The number of aromatic nitrogens is 2. The van der Waals surface area contributed by atoms with E-state index in [2.05, 4.69) is 68.2 Å². The van der Waals surface area contributed by atoms with E-state index in [9.17, 15) is 0 Å². The molecule has 0 spiro atoms. The normalized spacial score (nSPS) is 13.4. The molecule has 0 amide bonds. The zero-order valence-corrected chi connectivity index (χ0v) is 18.1. The van der Waals surface area contributed by atoms with Crippen LogP contribution >= 0.6 is 0 Å². The van der Waals surface area contributed by atoms with Gasteiger partial charge in [0.15, 0.2) is 0 Å². The van der Waals surface area contributed by atoms with Crippen LogP contribution in [0.3, 0.4) is 0 Å². The Morgan fingerprint density at radius 2 is 1.74 bits per heavy atom. The van der Waals surface area contributed by atoms with Gasteiger partial charge in [-0.2, -0.15) is 0 Å². The van der Waals surface area contributed by atoms with E-state index < -0.39 is 0 Å². The van der Waals surface area contributed by atoms with Gasteiger partial charge in [-0.15, -0.1) is 0 Å². The topological polar surface area (TPSA) is 38.9 Å². The average Bonchev–Trinajstić information content (AvgIpc) is 3.17. The molecule has 0 unspecified atom stereocenters. The monoisotopic (exact) mass is 404 g/mol. The van der Waals surface area contributed by atoms with Gasteiger partial charge in [0.25, 0.3) is 0 Å². The van der Waals surface area contributed by atoms with E-state index in [4.69, 9.17) is 9.40 Å². The summed E-state index contributed by atoms with van der Waals surface area (Å²) in [6.45, 7) is 6.82. The largest absolute Gasteiger partial charge is 0.460 e. The van der Waals surface area contributed by atoms with Gasteiger partial charge in [0.05, 0.1) is 11.1 Å². The minimum absolute atomic E-state index is 0.0237. The van der Waals surface area contributed by atoms with Crippen LogP contribution < -0.4 is 0 Å². The van der Waals surface area contributed by atoms with Crippen molar-refractivity contribution in [2.24, 2.45) is 0 Å². The Balaban J connectivity index is 1.69. The molecule has 0 atom stereocenters. The van der Waals surface area contributed by atoms with Crippen molar-refractivity contribution in [3.05, 3.63) is 84.0 Å². The molecule has 0 saturated heterocycles. The molecule has 3 heterocycles. The van der Waals surface area contributed by atoms with Gasteiger partial charge in [0, 0.05) is 41.2 Å². The van der Waals surface area contributed by atoms with Gasteiger partial charge in [-0.3, -0.25) is 9.97 Å².